The van der Waals surface area contributed by atoms with Gasteiger partial charge in [0.1, 0.15) is 0 Å². The van der Waals surface area contributed by atoms with Crippen LogP contribution in [0.5, 0.6) is 0 Å². The van der Waals surface area contributed by atoms with E-state index in [2.05, 4.69) is 13.8 Å². The Morgan fingerprint density at radius 1 is 1.39 bits per heavy atom. The number of rotatable bonds is 4. The molecule has 0 atom stereocenters. The summed E-state index contributed by atoms with van der Waals surface area (Å²) in [7, 11) is 0. The number of aliphatic carboxylic acids is 1. The maximum absolute atomic E-state index is 12.5. The van der Waals surface area contributed by atoms with E-state index < -0.39 is 5.97 Å². The third kappa shape index (κ3) is 3.37. The van der Waals surface area contributed by atoms with Crippen molar-refractivity contribution in [2.45, 2.75) is 58.5 Å². The van der Waals surface area contributed by atoms with Crippen LogP contribution in [0.15, 0.2) is 0 Å². The number of carboxylic acids is 1. The minimum Gasteiger partial charge on any atom is -0.481 e. The van der Waals surface area contributed by atoms with Gasteiger partial charge in [-0.25, -0.2) is 4.79 Å². The van der Waals surface area contributed by atoms with Crippen molar-refractivity contribution >= 4 is 12.0 Å². The molecule has 18 heavy (non-hydrogen) atoms. The smallest absolute Gasteiger partial charge is 0.320 e. The molecule has 0 unspecified atom stereocenters. The zero-order valence-electron chi connectivity index (χ0n) is 11.8. The summed E-state index contributed by atoms with van der Waals surface area (Å²) in [5.41, 5.74) is -0.118. The van der Waals surface area contributed by atoms with E-state index in [0.717, 1.165) is 19.4 Å². The van der Waals surface area contributed by atoms with E-state index in [1.807, 2.05) is 18.7 Å². The molecule has 0 aromatic rings. The van der Waals surface area contributed by atoms with Crippen LogP contribution in [0.25, 0.3) is 0 Å². The molecule has 104 valence electrons. The minimum atomic E-state index is -0.867. The number of carboxylic acid groups (broad SMARTS) is 1. The highest BCUT2D eigenvalue weighted by Crippen LogP contribution is 2.29. The number of carbonyl (C=O) groups excluding carboxylic acids is 1. The van der Waals surface area contributed by atoms with E-state index >= 15 is 0 Å². The molecule has 1 aliphatic heterocycles. The van der Waals surface area contributed by atoms with Gasteiger partial charge in [0, 0.05) is 24.7 Å². The molecule has 1 rings (SSSR count). The van der Waals surface area contributed by atoms with E-state index in [1.165, 1.54) is 0 Å². The lowest BCUT2D eigenvalue weighted by atomic mass is 10.0. The van der Waals surface area contributed by atoms with Crippen LogP contribution in [-0.4, -0.2) is 51.6 Å². The highest BCUT2D eigenvalue weighted by atomic mass is 16.4. The van der Waals surface area contributed by atoms with Crippen molar-refractivity contribution in [1.29, 1.82) is 0 Å². The lowest BCUT2D eigenvalue weighted by Gasteiger charge is -2.37. The number of urea groups is 1. The van der Waals surface area contributed by atoms with Gasteiger partial charge in [0.05, 0.1) is 6.42 Å². The number of nitrogens with zero attached hydrogens (tertiary/aromatic N) is 2. The van der Waals surface area contributed by atoms with E-state index in [-0.39, 0.29) is 30.6 Å². The Bertz CT molecular complexity index is 326. The third-order valence-electron chi connectivity index (χ3n) is 3.57. The molecule has 0 aliphatic carbocycles. The average Bonchev–Trinajstić information content (AvgIpc) is 2.56. The normalized spacial score (nSPS) is 18.2. The summed E-state index contributed by atoms with van der Waals surface area (Å²) in [6.45, 7) is 9.01. The molecule has 5 heteroatoms. The second-order valence-corrected chi connectivity index (χ2v) is 5.78. The molecular weight excluding hydrogens is 232 g/mol. The number of hydrogen-bond donors (Lipinski definition) is 1. The molecule has 1 heterocycles. The zero-order chi connectivity index (χ0) is 13.9. The summed E-state index contributed by atoms with van der Waals surface area (Å²) in [6.07, 6.45) is 2.02. The van der Waals surface area contributed by atoms with Crippen molar-refractivity contribution < 1.29 is 14.7 Å². The van der Waals surface area contributed by atoms with E-state index in [1.54, 1.807) is 4.90 Å². The average molecular weight is 256 g/mol. The van der Waals surface area contributed by atoms with Crippen LogP contribution >= 0.6 is 0 Å². The molecular formula is C13H24N2O3. The molecule has 0 bridgehead atoms. The highest BCUT2D eigenvalue weighted by molar-refractivity contribution is 5.77. The van der Waals surface area contributed by atoms with Crippen LogP contribution < -0.4 is 0 Å². The Morgan fingerprint density at radius 2 is 2.00 bits per heavy atom. The topological polar surface area (TPSA) is 60.9 Å². The lowest BCUT2D eigenvalue weighted by molar-refractivity contribution is -0.137. The van der Waals surface area contributed by atoms with Crippen molar-refractivity contribution in [2.24, 2.45) is 0 Å². The number of hydrogen-bond acceptors (Lipinski definition) is 2. The fourth-order valence-corrected chi connectivity index (χ4v) is 2.41. The van der Waals surface area contributed by atoms with Crippen LogP contribution in [-0.2, 0) is 4.79 Å². The molecule has 0 aromatic carbocycles. The van der Waals surface area contributed by atoms with Gasteiger partial charge in [0.25, 0.3) is 0 Å². The minimum absolute atomic E-state index is 0.00180. The summed E-state index contributed by atoms with van der Waals surface area (Å²) in [5, 5.41) is 8.74. The molecule has 5 nitrogen and oxygen atoms in total. The predicted octanol–water partition coefficient (Wildman–Crippen LogP) is 2.17. The first kappa shape index (κ1) is 14.8. The maximum Gasteiger partial charge on any atom is 0.320 e. The predicted molar refractivity (Wildman–Crippen MR) is 69.5 cm³/mol. The first-order chi connectivity index (χ1) is 8.25. The van der Waals surface area contributed by atoms with Gasteiger partial charge in [-0.15, -0.1) is 0 Å². The van der Waals surface area contributed by atoms with E-state index in [4.69, 9.17) is 5.11 Å². The Labute approximate surface area is 109 Å². The van der Waals surface area contributed by atoms with Crippen molar-refractivity contribution in [3.8, 4) is 0 Å². The van der Waals surface area contributed by atoms with Crippen LogP contribution in [0.4, 0.5) is 4.79 Å². The van der Waals surface area contributed by atoms with E-state index in [0.29, 0.717) is 0 Å². The molecule has 0 aromatic heterocycles. The molecule has 1 saturated heterocycles. The lowest BCUT2D eigenvalue weighted by Crippen LogP contribution is -2.52. The fraction of sp³-hybridized carbons (Fsp3) is 0.846. The van der Waals surface area contributed by atoms with Gasteiger partial charge in [-0.2, -0.15) is 0 Å². The third-order valence-corrected chi connectivity index (χ3v) is 3.57. The van der Waals surface area contributed by atoms with Gasteiger partial charge in [0.2, 0.25) is 0 Å². The fourth-order valence-electron chi connectivity index (χ4n) is 2.41. The number of carbonyl (C=O) groups is 2. The Hall–Kier alpha value is -1.26. The van der Waals surface area contributed by atoms with Crippen molar-refractivity contribution in [3.05, 3.63) is 0 Å². The second-order valence-electron chi connectivity index (χ2n) is 5.78. The van der Waals surface area contributed by atoms with Crippen molar-refractivity contribution in [3.63, 3.8) is 0 Å². The van der Waals surface area contributed by atoms with E-state index in [9.17, 15) is 9.59 Å². The van der Waals surface area contributed by atoms with Crippen LogP contribution in [0, 0.1) is 0 Å². The van der Waals surface area contributed by atoms with Gasteiger partial charge in [-0.1, -0.05) is 0 Å². The summed E-state index contributed by atoms with van der Waals surface area (Å²) >= 11 is 0. The van der Waals surface area contributed by atoms with Crippen molar-refractivity contribution in [2.75, 3.05) is 13.1 Å². The van der Waals surface area contributed by atoms with Gasteiger partial charge < -0.3 is 14.9 Å². The SMILES string of the molecule is CC(C)N(CCC(=O)O)C(=O)N1CCCC1(C)C. The monoisotopic (exact) mass is 256 g/mol. The van der Waals surface area contributed by atoms with Gasteiger partial charge in [-0.3, -0.25) is 4.79 Å². The summed E-state index contributed by atoms with van der Waals surface area (Å²) in [5.74, 6) is -0.867. The largest absolute Gasteiger partial charge is 0.481 e. The van der Waals surface area contributed by atoms with Gasteiger partial charge in [0.15, 0.2) is 0 Å². The number of likely N-dealkylation sites (tertiary alicyclic amines) is 1. The first-order valence-electron chi connectivity index (χ1n) is 6.56. The Balaban J connectivity index is 2.73. The first-order valence-corrected chi connectivity index (χ1v) is 6.56. The summed E-state index contributed by atoms with van der Waals surface area (Å²) in [4.78, 5) is 26.6. The molecule has 1 N–H and O–H groups in total. The van der Waals surface area contributed by atoms with Crippen LogP contribution in [0.1, 0.15) is 47.0 Å². The van der Waals surface area contributed by atoms with Gasteiger partial charge in [-0.05, 0) is 40.5 Å². The second kappa shape index (κ2) is 5.59. The Kier molecular flexibility index (Phi) is 4.59. The number of amides is 2. The molecule has 0 spiro atoms. The zero-order valence-corrected chi connectivity index (χ0v) is 11.8. The summed E-state index contributed by atoms with van der Waals surface area (Å²) in [6, 6.07) is -0.0120. The molecule has 1 fully saturated rings. The van der Waals surface area contributed by atoms with Crippen LogP contribution in [0.3, 0.4) is 0 Å². The van der Waals surface area contributed by atoms with Gasteiger partial charge >= 0.3 is 12.0 Å². The van der Waals surface area contributed by atoms with Crippen LogP contribution in [0.2, 0.25) is 0 Å². The molecule has 2 amide bonds. The quantitative estimate of drug-likeness (QED) is 0.838. The maximum atomic E-state index is 12.5. The standard InChI is InChI=1S/C13H24N2O3/c1-10(2)14(9-6-11(16)17)12(18)15-8-5-7-13(15,3)4/h10H,5-9H2,1-4H3,(H,16,17). The summed E-state index contributed by atoms with van der Waals surface area (Å²) < 4.78 is 0. The van der Waals surface area contributed by atoms with Crippen molar-refractivity contribution in [1.82, 2.24) is 9.80 Å². The Morgan fingerprint density at radius 3 is 2.39 bits per heavy atom. The molecule has 0 saturated carbocycles. The molecule has 0 radical (unpaired) electrons. The highest BCUT2D eigenvalue weighted by Gasteiger charge is 2.38. The molecule has 1 aliphatic rings.